The number of ether oxygens (including phenoxy) is 1. The summed E-state index contributed by atoms with van der Waals surface area (Å²) in [6.07, 6.45) is 0. The minimum Gasteiger partial charge on any atom is -0.497 e. The Morgan fingerprint density at radius 3 is 2.30 bits per heavy atom. The third-order valence-corrected chi connectivity index (χ3v) is 3.29. The molecule has 0 fully saturated rings. The number of hydrogen-bond donors (Lipinski definition) is 1. The van der Waals surface area contributed by atoms with Gasteiger partial charge < -0.3 is 15.0 Å². The topological polar surface area (TPSA) is 24.5 Å². The SMILES string of the molecule is CCN(C(=S)Nc1ccc(OC)cc1)c1ccccc1. The highest BCUT2D eigenvalue weighted by Gasteiger charge is 2.09. The molecule has 1 N–H and O–H groups in total. The molecule has 0 aliphatic rings. The molecule has 0 unspecified atom stereocenters. The molecule has 0 saturated carbocycles. The van der Waals surface area contributed by atoms with Crippen molar-refractivity contribution < 1.29 is 4.74 Å². The Hall–Kier alpha value is -2.07. The Bertz CT molecular complexity index is 554. The van der Waals surface area contributed by atoms with Gasteiger partial charge in [0.05, 0.1) is 7.11 Å². The van der Waals surface area contributed by atoms with Crippen LogP contribution in [0.4, 0.5) is 11.4 Å². The molecule has 2 aromatic rings. The van der Waals surface area contributed by atoms with Gasteiger partial charge in [0.1, 0.15) is 5.75 Å². The van der Waals surface area contributed by atoms with Crippen LogP contribution >= 0.6 is 12.2 Å². The second-order valence-corrected chi connectivity index (χ2v) is 4.63. The summed E-state index contributed by atoms with van der Waals surface area (Å²) in [5.41, 5.74) is 2.03. The standard InChI is InChI=1S/C16H18N2OS/c1-3-18(14-7-5-4-6-8-14)16(20)17-13-9-11-15(19-2)12-10-13/h4-12H,3H2,1-2H3,(H,17,20). The summed E-state index contributed by atoms with van der Waals surface area (Å²) in [4.78, 5) is 2.06. The van der Waals surface area contributed by atoms with Crippen molar-refractivity contribution in [3.8, 4) is 5.75 Å². The van der Waals surface area contributed by atoms with Crippen LogP contribution in [0.1, 0.15) is 6.92 Å². The molecule has 20 heavy (non-hydrogen) atoms. The number of rotatable bonds is 4. The van der Waals surface area contributed by atoms with Crippen molar-refractivity contribution in [3.05, 3.63) is 54.6 Å². The van der Waals surface area contributed by atoms with E-state index < -0.39 is 0 Å². The number of benzene rings is 2. The Labute approximate surface area is 125 Å². The van der Waals surface area contributed by atoms with Crippen molar-refractivity contribution in [2.24, 2.45) is 0 Å². The molecule has 2 aromatic carbocycles. The Morgan fingerprint density at radius 1 is 1.10 bits per heavy atom. The van der Waals surface area contributed by atoms with E-state index in [1.54, 1.807) is 7.11 Å². The van der Waals surface area contributed by atoms with Gasteiger partial charge in [0, 0.05) is 17.9 Å². The van der Waals surface area contributed by atoms with Crippen molar-refractivity contribution in [1.29, 1.82) is 0 Å². The molecule has 0 heterocycles. The van der Waals surface area contributed by atoms with Crippen LogP contribution in [0.15, 0.2) is 54.6 Å². The molecule has 3 nitrogen and oxygen atoms in total. The van der Waals surface area contributed by atoms with Crippen LogP contribution in [0.3, 0.4) is 0 Å². The summed E-state index contributed by atoms with van der Waals surface area (Å²) in [7, 11) is 1.65. The molecular weight excluding hydrogens is 268 g/mol. The quantitative estimate of drug-likeness (QED) is 0.861. The fourth-order valence-corrected chi connectivity index (χ4v) is 2.27. The first kappa shape index (κ1) is 14.3. The van der Waals surface area contributed by atoms with Crippen LogP contribution in [0, 0.1) is 0 Å². The molecular formula is C16H18N2OS. The molecule has 104 valence electrons. The summed E-state index contributed by atoms with van der Waals surface area (Å²) in [5, 5.41) is 3.93. The Kier molecular flexibility index (Phi) is 4.96. The molecule has 4 heteroatoms. The number of nitrogens with one attached hydrogen (secondary N) is 1. The first-order valence-electron chi connectivity index (χ1n) is 6.52. The van der Waals surface area contributed by atoms with Gasteiger partial charge in [-0.05, 0) is 55.5 Å². The highest BCUT2D eigenvalue weighted by atomic mass is 32.1. The van der Waals surface area contributed by atoms with Gasteiger partial charge in [0.2, 0.25) is 0 Å². The van der Waals surface area contributed by atoms with Crippen LogP contribution in [0.5, 0.6) is 5.75 Å². The van der Waals surface area contributed by atoms with Gasteiger partial charge in [0.15, 0.2) is 5.11 Å². The van der Waals surface area contributed by atoms with E-state index in [1.165, 1.54) is 0 Å². The third-order valence-electron chi connectivity index (χ3n) is 2.97. The van der Waals surface area contributed by atoms with E-state index in [-0.39, 0.29) is 0 Å². The van der Waals surface area contributed by atoms with Crippen molar-refractivity contribution in [2.45, 2.75) is 6.92 Å². The van der Waals surface area contributed by atoms with Crippen LogP contribution in [-0.2, 0) is 0 Å². The normalized spacial score (nSPS) is 9.90. The maximum Gasteiger partial charge on any atom is 0.177 e. The second kappa shape index (κ2) is 6.91. The third kappa shape index (κ3) is 3.48. The zero-order chi connectivity index (χ0) is 14.4. The van der Waals surface area contributed by atoms with Crippen LogP contribution in [-0.4, -0.2) is 18.8 Å². The molecule has 0 saturated heterocycles. The number of thiocarbonyl (C=S) groups is 1. The van der Waals surface area contributed by atoms with Crippen LogP contribution < -0.4 is 15.0 Å². The zero-order valence-corrected chi connectivity index (χ0v) is 12.5. The van der Waals surface area contributed by atoms with E-state index in [4.69, 9.17) is 17.0 Å². The van der Waals surface area contributed by atoms with Gasteiger partial charge in [-0.25, -0.2) is 0 Å². The fraction of sp³-hybridized carbons (Fsp3) is 0.188. The number of para-hydroxylation sites is 1. The van der Waals surface area contributed by atoms with Gasteiger partial charge in [-0.1, -0.05) is 18.2 Å². The molecule has 0 radical (unpaired) electrons. The average molecular weight is 286 g/mol. The lowest BCUT2D eigenvalue weighted by Gasteiger charge is -2.24. The molecule has 0 amide bonds. The molecule has 0 atom stereocenters. The number of nitrogens with zero attached hydrogens (tertiary/aromatic N) is 1. The zero-order valence-electron chi connectivity index (χ0n) is 11.7. The van der Waals surface area contributed by atoms with E-state index in [1.807, 2.05) is 54.6 Å². The Morgan fingerprint density at radius 2 is 1.75 bits per heavy atom. The minimum atomic E-state index is 0.684. The van der Waals surface area contributed by atoms with Gasteiger partial charge in [-0.15, -0.1) is 0 Å². The average Bonchev–Trinajstić information content (AvgIpc) is 2.50. The second-order valence-electron chi connectivity index (χ2n) is 4.24. The largest absolute Gasteiger partial charge is 0.497 e. The minimum absolute atomic E-state index is 0.684. The summed E-state index contributed by atoms with van der Waals surface area (Å²) in [5.74, 6) is 0.830. The molecule has 0 aliphatic heterocycles. The number of hydrogen-bond acceptors (Lipinski definition) is 2. The predicted octanol–water partition coefficient (Wildman–Crippen LogP) is 3.92. The maximum atomic E-state index is 5.48. The van der Waals surface area contributed by atoms with E-state index in [2.05, 4.69) is 17.1 Å². The molecule has 0 bridgehead atoms. The smallest absolute Gasteiger partial charge is 0.177 e. The number of methoxy groups -OCH3 is 1. The summed E-state index contributed by atoms with van der Waals surface area (Å²) in [6, 6.07) is 17.8. The van der Waals surface area contributed by atoms with Crippen molar-refractivity contribution in [2.75, 3.05) is 23.9 Å². The van der Waals surface area contributed by atoms with Crippen molar-refractivity contribution in [3.63, 3.8) is 0 Å². The van der Waals surface area contributed by atoms with Crippen LogP contribution in [0.25, 0.3) is 0 Å². The molecule has 0 spiro atoms. The van der Waals surface area contributed by atoms with Crippen molar-refractivity contribution >= 4 is 28.7 Å². The van der Waals surface area contributed by atoms with E-state index in [0.717, 1.165) is 23.7 Å². The van der Waals surface area contributed by atoms with E-state index >= 15 is 0 Å². The van der Waals surface area contributed by atoms with Gasteiger partial charge in [0.25, 0.3) is 0 Å². The van der Waals surface area contributed by atoms with Gasteiger partial charge in [-0.3, -0.25) is 0 Å². The maximum absolute atomic E-state index is 5.48. The predicted molar refractivity (Wildman–Crippen MR) is 88.7 cm³/mol. The lowest BCUT2D eigenvalue weighted by atomic mass is 10.3. The summed E-state index contributed by atoms with van der Waals surface area (Å²) >= 11 is 5.48. The molecule has 0 aliphatic carbocycles. The van der Waals surface area contributed by atoms with Gasteiger partial charge >= 0.3 is 0 Å². The van der Waals surface area contributed by atoms with Gasteiger partial charge in [-0.2, -0.15) is 0 Å². The monoisotopic (exact) mass is 286 g/mol. The van der Waals surface area contributed by atoms with E-state index in [0.29, 0.717) is 5.11 Å². The summed E-state index contributed by atoms with van der Waals surface area (Å²) in [6.45, 7) is 2.89. The first-order valence-corrected chi connectivity index (χ1v) is 6.93. The van der Waals surface area contributed by atoms with E-state index in [9.17, 15) is 0 Å². The van der Waals surface area contributed by atoms with Crippen molar-refractivity contribution in [1.82, 2.24) is 0 Å². The molecule has 0 aromatic heterocycles. The summed E-state index contributed by atoms with van der Waals surface area (Å²) < 4.78 is 5.14. The Balaban J connectivity index is 2.09. The molecule has 2 rings (SSSR count). The highest BCUT2D eigenvalue weighted by Crippen LogP contribution is 2.18. The lowest BCUT2D eigenvalue weighted by Crippen LogP contribution is -2.34. The lowest BCUT2D eigenvalue weighted by molar-refractivity contribution is 0.415. The highest BCUT2D eigenvalue weighted by molar-refractivity contribution is 7.80. The number of anilines is 2. The van der Waals surface area contributed by atoms with Crippen LogP contribution in [0.2, 0.25) is 0 Å². The fourth-order valence-electron chi connectivity index (χ4n) is 1.92. The first-order chi connectivity index (χ1) is 9.74.